The highest BCUT2D eigenvalue weighted by atomic mass is 79.9. The topological polar surface area (TPSA) is 73.6 Å². The Morgan fingerprint density at radius 2 is 2.00 bits per heavy atom. The molecule has 0 radical (unpaired) electrons. The van der Waals surface area contributed by atoms with E-state index < -0.39 is 4.92 Å². The van der Waals surface area contributed by atoms with Gasteiger partial charge in [-0.25, -0.2) is 0 Å². The quantitative estimate of drug-likeness (QED) is 0.672. The molecule has 1 aliphatic heterocycles. The minimum Gasteiger partial charge on any atom is -0.454 e. The lowest BCUT2D eigenvalue weighted by molar-refractivity contribution is -0.385. The summed E-state index contributed by atoms with van der Waals surface area (Å²) in [4.78, 5) is 10.3. The molecule has 0 spiro atoms. The molecule has 6 nitrogen and oxygen atoms in total. The van der Waals surface area contributed by atoms with Gasteiger partial charge in [0, 0.05) is 18.3 Å². The summed E-state index contributed by atoms with van der Waals surface area (Å²) in [6.45, 7) is 0.836. The van der Waals surface area contributed by atoms with E-state index >= 15 is 0 Å². The van der Waals surface area contributed by atoms with Crippen LogP contribution in [0.2, 0.25) is 0 Å². The van der Waals surface area contributed by atoms with Crippen LogP contribution in [-0.4, -0.2) is 11.7 Å². The average Bonchev–Trinajstić information content (AvgIpc) is 2.92. The molecule has 0 aromatic heterocycles. The van der Waals surface area contributed by atoms with Gasteiger partial charge in [0.25, 0.3) is 5.69 Å². The van der Waals surface area contributed by atoms with Gasteiger partial charge in [0.05, 0.1) is 9.40 Å². The third kappa shape index (κ3) is 2.92. The molecule has 1 heterocycles. The largest absolute Gasteiger partial charge is 0.454 e. The van der Waals surface area contributed by atoms with Gasteiger partial charge in [0.15, 0.2) is 11.5 Å². The van der Waals surface area contributed by atoms with E-state index in [0.29, 0.717) is 11.0 Å². The van der Waals surface area contributed by atoms with Crippen molar-refractivity contribution in [1.82, 2.24) is 0 Å². The van der Waals surface area contributed by atoms with Crippen molar-refractivity contribution in [2.45, 2.75) is 6.54 Å². The zero-order valence-electron chi connectivity index (χ0n) is 10.8. The number of ether oxygens (including phenoxy) is 2. The van der Waals surface area contributed by atoms with Crippen molar-refractivity contribution in [1.29, 1.82) is 0 Å². The zero-order valence-corrected chi connectivity index (χ0v) is 12.4. The fourth-order valence-electron chi connectivity index (χ4n) is 2.02. The van der Waals surface area contributed by atoms with Gasteiger partial charge in [-0.2, -0.15) is 0 Å². The fourth-order valence-corrected chi connectivity index (χ4v) is 2.54. The molecule has 0 atom stereocenters. The molecule has 2 aromatic rings. The minimum atomic E-state index is -0.425. The molecule has 0 saturated carbocycles. The molecule has 21 heavy (non-hydrogen) atoms. The van der Waals surface area contributed by atoms with Crippen molar-refractivity contribution in [3.8, 4) is 11.5 Å². The van der Waals surface area contributed by atoms with Gasteiger partial charge in [-0.3, -0.25) is 10.1 Å². The molecule has 7 heteroatoms. The zero-order chi connectivity index (χ0) is 14.8. The smallest absolute Gasteiger partial charge is 0.283 e. The maximum Gasteiger partial charge on any atom is 0.283 e. The van der Waals surface area contributed by atoms with Gasteiger partial charge in [-0.15, -0.1) is 0 Å². The van der Waals surface area contributed by atoms with Gasteiger partial charge >= 0.3 is 0 Å². The molecule has 0 saturated heterocycles. The standard InChI is InChI=1S/C14H11BrN2O4/c15-11-6-10(2-3-12(11)17(18)19)16-7-9-1-4-13-14(5-9)21-8-20-13/h1-6,16H,7-8H2. The van der Waals surface area contributed by atoms with Gasteiger partial charge < -0.3 is 14.8 Å². The molecule has 2 aromatic carbocycles. The summed E-state index contributed by atoms with van der Waals surface area (Å²) in [5.74, 6) is 1.48. The van der Waals surface area contributed by atoms with Crippen LogP contribution >= 0.6 is 15.9 Å². The molecular formula is C14H11BrN2O4. The molecule has 0 unspecified atom stereocenters. The van der Waals surface area contributed by atoms with Crippen LogP contribution in [-0.2, 0) is 6.54 Å². The number of nitro benzene ring substituents is 1. The van der Waals surface area contributed by atoms with Crippen molar-refractivity contribution in [2.75, 3.05) is 12.1 Å². The van der Waals surface area contributed by atoms with Crippen LogP contribution in [0.5, 0.6) is 11.5 Å². The summed E-state index contributed by atoms with van der Waals surface area (Å²) in [6.07, 6.45) is 0. The van der Waals surface area contributed by atoms with Gasteiger partial charge in [-0.1, -0.05) is 6.07 Å². The number of nitrogens with one attached hydrogen (secondary N) is 1. The lowest BCUT2D eigenvalue weighted by atomic mass is 10.2. The van der Waals surface area contributed by atoms with Crippen LogP contribution in [0.1, 0.15) is 5.56 Å². The van der Waals surface area contributed by atoms with Crippen molar-refractivity contribution < 1.29 is 14.4 Å². The lowest BCUT2D eigenvalue weighted by Gasteiger charge is -2.08. The van der Waals surface area contributed by atoms with Gasteiger partial charge in [0.2, 0.25) is 6.79 Å². The van der Waals surface area contributed by atoms with E-state index in [1.165, 1.54) is 6.07 Å². The Labute approximate surface area is 129 Å². The molecule has 0 amide bonds. The molecule has 0 aliphatic carbocycles. The Hall–Kier alpha value is -2.28. The number of benzene rings is 2. The van der Waals surface area contributed by atoms with E-state index in [-0.39, 0.29) is 12.5 Å². The second-order valence-electron chi connectivity index (χ2n) is 4.46. The molecule has 1 N–H and O–H groups in total. The SMILES string of the molecule is O=[N+]([O-])c1ccc(NCc2ccc3c(c2)OCO3)cc1Br. The Morgan fingerprint density at radius 1 is 1.19 bits per heavy atom. The molecular weight excluding hydrogens is 340 g/mol. The summed E-state index contributed by atoms with van der Waals surface area (Å²) >= 11 is 3.20. The third-order valence-corrected chi connectivity index (χ3v) is 3.71. The molecule has 1 aliphatic rings. The van der Waals surface area contributed by atoms with Crippen molar-refractivity contribution >= 4 is 27.3 Å². The van der Waals surface area contributed by atoms with Gasteiger partial charge in [0.1, 0.15) is 0 Å². The fraction of sp³-hybridized carbons (Fsp3) is 0.143. The summed E-state index contributed by atoms with van der Waals surface area (Å²) in [5, 5.41) is 14.0. The van der Waals surface area contributed by atoms with Crippen molar-refractivity contribution in [3.63, 3.8) is 0 Å². The third-order valence-electron chi connectivity index (χ3n) is 3.08. The first-order valence-corrected chi connectivity index (χ1v) is 6.99. The summed E-state index contributed by atoms with van der Waals surface area (Å²) in [6, 6.07) is 10.6. The number of halogens is 1. The number of fused-ring (bicyclic) bond motifs is 1. The maximum atomic E-state index is 10.8. The van der Waals surface area contributed by atoms with E-state index in [9.17, 15) is 10.1 Å². The van der Waals surface area contributed by atoms with Crippen LogP contribution in [0.4, 0.5) is 11.4 Å². The number of hydrogen-bond acceptors (Lipinski definition) is 5. The normalized spacial score (nSPS) is 12.2. The van der Waals surface area contributed by atoms with E-state index in [1.54, 1.807) is 12.1 Å². The minimum absolute atomic E-state index is 0.0450. The predicted molar refractivity (Wildman–Crippen MR) is 80.7 cm³/mol. The summed E-state index contributed by atoms with van der Waals surface area (Å²) in [5.41, 5.74) is 1.88. The van der Waals surface area contributed by atoms with Gasteiger partial charge in [-0.05, 0) is 45.8 Å². The summed E-state index contributed by atoms with van der Waals surface area (Å²) < 4.78 is 11.0. The Bertz CT molecular complexity index is 705. The first-order valence-electron chi connectivity index (χ1n) is 6.20. The van der Waals surface area contributed by atoms with E-state index in [4.69, 9.17) is 9.47 Å². The first kappa shape index (κ1) is 13.7. The lowest BCUT2D eigenvalue weighted by Crippen LogP contribution is -2.00. The molecule has 108 valence electrons. The van der Waals surface area contributed by atoms with Crippen LogP contribution < -0.4 is 14.8 Å². The Balaban J connectivity index is 1.70. The maximum absolute atomic E-state index is 10.8. The highest BCUT2D eigenvalue weighted by Crippen LogP contribution is 2.33. The molecule has 0 fully saturated rings. The highest BCUT2D eigenvalue weighted by molar-refractivity contribution is 9.10. The number of nitro groups is 1. The summed E-state index contributed by atoms with van der Waals surface area (Å²) in [7, 11) is 0. The number of nitrogens with zero attached hydrogens (tertiary/aromatic N) is 1. The van der Waals surface area contributed by atoms with E-state index in [2.05, 4.69) is 21.2 Å². The average molecular weight is 351 g/mol. The van der Waals surface area contributed by atoms with Crippen LogP contribution in [0.15, 0.2) is 40.9 Å². The molecule has 3 rings (SSSR count). The predicted octanol–water partition coefficient (Wildman–Crippen LogP) is 3.70. The highest BCUT2D eigenvalue weighted by Gasteiger charge is 2.14. The molecule has 0 bridgehead atoms. The second-order valence-corrected chi connectivity index (χ2v) is 5.32. The second kappa shape index (κ2) is 5.61. The van der Waals surface area contributed by atoms with Crippen LogP contribution in [0.3, 0.4) is 0 Å². The number of rotatable bonds is 4. The van der Waals surface area contributed by atoms with Crippen LogP contribution in [0.25, 0.3) is 0 Å². The Morgan fingerprint density at radius 3 is 2.76 bits per heavy atom. The number of anilines is 1. The Kier molecular flexibility index (Phi) is 3.66. The van der Waals surface area contributed by atoms with Crippen LogP contribution in [0, 0.1) is 10.1 Å². The van der Waals surface area contributed by atoms with E-state index in [1.807, 2.05) is 18.2 Å². The van der Waals surface area contributed by atoms with Crippen molar-refractivity contribution in [3.05, 3.63) is 56.5 Å². The monoisotopic (exact) mass is 350 g/mol. The number of hydrogen-bond donors (Lipinski definition) is 1. The van der Waals surface area contributed by atoms with Crippen molar-refractivity contribution in [2.24, 2.45) is 0 Å². The first-order chi connectivity index (χ1) is 10.1. The van der Waals surface area contributed by atoms with E-state index in [0.717, 1.165) is 22.7 Å².